The fourth-order valence-corrected chi connectivity index (χ4v) is 6.39. The number of carbonyl (C=O) groups is 2. The zero-order valence-corrected chi connectivity index (χ0v) is 16.2. The largest absolute Gasteiger partial charge is 0.466 e. The fourth-order valence-electron chi connectivity index (χ4n) is 4.59. The highest BCUT2D eigenvalue weighted by molar-refractivity contribution is 7.89. The zero-order valence-electron chi connectivity index (χ0n) is 15.4. The second-order valence-corrected chi connectivity index (χ2v) is 8.98. The predicted molar refractivity (Wildman–Crippen MR) is 99.9 cm³/mol. The van der Waals surface area contributed by atoms with Gasteiger partial charge in [-0.25, -0.2) is 17.5 Å². The molecule has 152 valence electrons. The van der Waals surface area contributed by atoms with E-state index in [1.54, 1.807) is 0 Å². The summed E-state index contributed by atoms with van der Waals surface area (Å²) in [7, 11) is -3.39. The van der Waals surface area contributed by atoms with Gasteiger partial charge in [-0.2, -0.15) is 0 Å². The van der Waals surface area contributed by atoms with E-state index < -0.39 is 49.4 Å². The van der Waals surface area contributed by atoms with Crippen LogP contribution in [-0.4, -0.2) is 42.7 Å². The maximum Gasteiger partial charge on any atom is 0.335 e. The summed E-state index contributed by atoms with van der Waals surface area (Å²) in [5.41, 5.74) is -0.513. The molecule has 0 spiro atoms. The molecule has 1 saturated heterocycles. The Morgan fingerprint density at radius 1 is 1.31 bits per heavy atom. The van der Waals surface area contributed by atoms with Gasteiger partial charge < -0.3 is 4.74 Å². The number of nitrogens with zero attached hydrogens (tertiary/aromatic N) is 2. The van der Waals surface area contributed by atoms with Crippen LogP contribution in [0.1, 0.15) is 12.8 Å². The number of carbonyl (C=O) groups excluding carboxylic acids is 2. The topological polar surface area (TPSA) is 124 Å². The third-order valence-corrected chi connectivity index (χ3v) is 7.62. The number of nitro benzene ring substituents is 1. The molecule has 4 atom stereocenters. The Kier molecular flexibility index (Phi) is 4.53. The number of ether oxygens (including phenoxy) is 1. The van der Waals surface area contributed by atoms with Crippen LogP contribution in [0.25, 0.3) is 0 Å². The highest BCUT2D eigenvalue weighted by atomic mass is 32.2. The molecule has 0 saturated carbocycles. The molecule has 0 N–H and O–H groups in total. The minimum Gasteiger partial charge on any atom is -0.466 e. The van der Waals surface area contributed by atoms with Gasteiger partial charge in [0.2, 0.25) is 5.91 Å². The van der Waals surface area contributed by atoms with Crippen LogP contribution in [0.15, 0.2) is 53.0 Å². The first kappa shape index (κ1) is 19.3. The average molecular weight is 418 g/mol. The number of rotatable bonds is 4. The lowest BCUT2D eigenvalue weighted by Crippen LogP contribution is -2.62. The van der Waals surface area contributed by atoms with Crippen molar-refractivity contribution in [3.8, 4) is 0 Å². The van der Waals surface area contributed by atoms with Crippen molar-refractivity contribution in [2.75, 3.05) is 7.11 Å². The van der Waals surface area contributed by atoms with Crippen molar-refractivity contribution in [1.29, 1.82) is 0 Å². The lowest BCUT2D eigenvalue weighted by Gasteiger charge is -2.51. The Labute approximate surface area is 166 Å². The van der Waals surface area contributed by atoms with Crippen LogP contribution < -0.4 is 0 Å². The quantitative estimate of drug-likeness (QED) is 0.316. The molecule has 29 heavy (non-hydrogen) atoms. The van der Waals surface area contributed by atoms with Gasteiger partial charge in [-0.1, -0.05) is 30.4 Å². The number of benzene rings is 1. The van der Waals surface area contributed by atoms with E-state index in [-0.39, 0.29) is 17.4 Å². The van der Waals surface area contributed by atoms with E-state index in [9.17, 15) is 28.1 Å². The number of methoxy groups -OCH3 is 1. The normalized spacial score (nSPS) is 28.0. The van der Waals surface area contributed by atoms with E-state index >= 15 is 0 Å². The molecule has 2 aliphatic heterocycles. The molecule has 2 heterocycles. The Bertz CT molecular complexity index is 1080. The van der Waals surface area contributed by atoms with Gasteiger partial charge in [0.25, 0.3) is 15.7 Å². The summed E-state index contributed by atoms with van der Waals surface area (Å²) in [6.07, 6.45) is 6.60. The molecule has 0 aromatic heterocycles. The second-order valence-electron chi connectivity index (χ2n) is 7.19. The molecule has 1 amide bonds. The first-order valence-electron chi connectivity index (χ1n) is 9.07. The molecule has 0 radical (unpaired) electrons. The van der Waals surface area contributed by atoms with Crippen LogP contribution in [0.4, 0.5) is 5.69 Å². The zero-order chi connectivity index (χ0) is 20.9. The Hall–Kier alpha value is -3.01. The van der Waals surface area contributed by atoms with Crippen LogP contribution in [0, 0.1) is 27.9 Å². The maximum atomic E-state index is 13.4. The molecule has 1 fully saturated rings. The van der Waals surface area contributed by atoms with Crippen LogP contribution in [0.5, 0.6) is 0 Å². The minimum atomic E-state index is -4.57. The first-order valence-corrected chi connectivity index (χ1v) is 10.5. The molecule has 2 aliphatic carbocycles. The van der Waals surface area contributed by atoms with Gasteiger partial charge in [0.1, 0.15) is 0 Å². The monoisotopic (exact) mass is 418 g/mol. The van der Waals surface area contributed by atoms with Crippen LogP contribution in [0.3, 0.4) is 0 Å². The summed E-state index contributed by atoms with van der Waals surface area (Å²) < 4.78 is 32.4. The van der Waals surface area contributed by atoms with Crippen molar-refractivity contribution >= 4 is 27.6 Å². The molecule has 4 aliphatic rings. The number of nitro groups is 1. The van der Waals surface area contributed by atoms with E-state index in [4.69, 9.17) is 4.74 Å². The van der Waals surface area contributed by atoms with E-state index in [0.29, 0.717) is 17.1 Å². The molecular weight excluding hydrogens is 400 g/mol. The molecular formula is C19H18N2O7S. The van der Waals surface area contributed by atoms with Gasteiger partial charge >= 0.3 is 5.97 Å². The van der Waals surface area contributed by atoms with E-state index in [1.165, 1.54) is 25.3 Å². The summed E-state index contributed by atoms with van der Waals surface area (Å²) in [5, 5.41) is 11.4. The lowest BCUT2D eigenvalue weighted by molar-refractivity contribution is -0.387. The number of hydrogen-bond acceptors (Lipinski definition) is 7. The minimum absolute atomic E-state index is 0.107. The van der Waals surface area contributed by atoms with E-state index in [0.717, 1.165) is 12.1 Å². The number of esters is 1. The average Bonchev–Trinajstić information content (AvgIpc) is 2.73. The summed E-state index contributed by atoms with van der Waals surface area (Å²) in [6.45, 7) is 0. The highest BCUT2D eigenvalue weighted by Gasteiger charge is 2.58. The summed E-state index contributed by atoms with van der Waals surface area (Å²) in [4.78, 5) is 35.5. The number of sulfonamides is 1. The SMILES string of the molecule is COC(=O)C1=C[C@H]2C(=O)N(S(=O)(=O)c3ccccc3[N+](=O)[O-])[C@@H]1[C@H]1CCC=C[C@H]12. The van der Waals surface area contributed by atoms with Crippen molar-refractivity contribution in [3.63, 3.8) is 0 Å². The first-order chi connectivity index (χ1) is 13.8. The fraction of sp³-hybridized carbons (Fsp3) is 0.368. The van der Waals surface area contributed by atoms with E-state index in [2.05, 4.69) is 0 Å². The van der Waals surface area contributed by atoms with Crippen LogP contribution >= 0.6 is 0 Å². The van der Waals surface area contributed by atoms with Gasteiger partial charge in [-0.05, 0) is 30.7 Å². The standard InChI is InChI=1S/C19H18N2O7S/c1-28-19(23)14-10-13-11-6-2-3-7-12(11)17(14)20(18(13)22)29(26,27)16-9-5-4-8-15(16)21(24)25/h2,4-6,8-13,17H,3,7H2,1H3/t11-,12+,13-,17-/m1/s1. The molecule has 0 unspecified atom stereocenters. The smallest absolute Gasteiger partial charge is 0.335 e. The summed E-state index contributed by atoms with van der Waals surface area (Å²) in [6, 6.07) is 3.82. The predicted octanol–water partition coefficient (Wildman–Crippen LogP) is 1.81. The van der Waals surface area contributed by atoms with Crippen LogP contribution in [-0.2, 0) is 24.3 Å². The molecule has 5 rings (SSSR count). The molecule has 10 heteroatoms. The van der Waals surface area contributed by atoms with E-state index in [1.807, 2.05) is 12.2 Å². The Morgan fingerprint density at radius 2 is 2.03 bits per heavy atom. The number of piperidine rings is 1. The second kappa shape index (κ2) is 6.80. The van der Waals surface area contributed by atoms with Crippen molar-refractivity contribution in [3.05, 3.63) is 58.2 Å². The third-order valence-electron chi connectivity index (χ3n) is 5.79. The van der Waals surface area contributed by atoms with Gasteiger partial charge in [-0.3, -0.25) is 14.9 Å². The Balaban J connectivity index is 1.90. The number of fused-ring (bicyclic) bond motifs is 1. The van der Waals surface area contributed by atoms with Crippen molar-refractivity contribution in [1.82, 2.24) is 4.31 Å². The number of amides is 1. The lowest BCUT2D eigenvalue weighted by atomic mass is 9.63. The van der Waals surface area contributed by atoms with Crippen molar-refractivity contribution in [2.24, 2.45) is 17.8 Å². The maximum absolute atomic E-state index is 13.4. The molecule has 9 nitrogen and oxygen atoms in total. The molecule has 1 aromatic rings. The number of allylic oxidation sites excluding steroid dienone is 2. The van der Waals surface area contributed by atoms with Crippen molar-refractivity contribution < 1.29 is 27.7 Å². The van der Waals surface area contributed by atoms with Gasteiger partial charge in [0.05, 0.1) is 29.6 Å². The summed E-state index contributed by atoms with van der Waals surface area (Å²) >= 11 is 0. The number of hydrogen-bond donors (Lipinski definition) is 0. The van der Waals surface area contributed by atoms with Gasteiger partial charge in [-0.15, -0.1) is 0 Å². The van der Waals surface area contributed by atoms with Crippen LogP contribution in [0.2, 0.25) is 0 Å². The summed E-state index contributed by atoms with van der Waals surface area (Å²) in [5.74, 6) is -2.74. The molecule has 2 bridgehead atoms. The van der Waals surface area contributed by atoms with Gasteiger partial charge in [0, 0.05) is 6.07 Å². The Morgan fingerprint density at radius 3 is 2.72 bits per heavy atom. The highest BCUT2D eigenvalue weighted by Crippen LogP contribution is 2.50. The third kappa shape index (κ3) is 2.78. The van der Waals surface area contributed by atoms with Crippen molar-refractivity contribution in [2.45, 2.75) is 23.8 Å². The number of para-hydroxylation sites is 1. The molecule has 1 aromatic carbocycles. The van der Waals surface area contributed by atoms with Gasteiger partial charge in [0.15, 0.2) is 4.90 Å².